The van der Waals surface area contributed by atoms with Gasteiger partial charge < -0.3 is 10.1 Å². The smallest absolute Gasteiger partial charge is 0.223 e. The molecule has 3 rings (SSSR count). The Morgan fingerprint density at radius 2 is 2.05 bits per heavy atom. The molecule has 2 aliphatic rings. The number of nitrogens with zero attached hydrogens (tertiary/aromatic N) is 1. The number of amides is 1. The minimum atomic E-state index is -0.0931. The van der Waals surface area contributed by atoms with E-state index >= 15 is 0 Å². The number of nitrogens with one attached hydrogen (secondary N) is 1. The Bertz CT molecular complexity index is 499. The van der Waals surface area contributed by atoms with Crippen LogP contribution in [0, 0.1) is 5.92 Å². The third-order valence-corrected chi connectivity index (χ3v) is 4.82. The lowest BCUT2D eigenvalue weighted by Gasteiger charge is -2.30. The van der Waals surface area contributed by atoms with Crippen LogP contribution < -0.4 is 5.32 Å². The van der Waals surface area contributed by atoms with Crippen LogP contribution in [-0.2, 0) is 16.1 Å². The molecule has 1 unspecified atom stereocenters. The van der Waals surface area contributed by atoms with E-state index in [2.05, 4.69) is 41.4 Å². The lowest BCUT2D eigenvalue weighted by molar-refractivity contribution is -0.129. The fraction of sp³-hybridized carbons (Fsp3) is 0.611. The first-order valence-electron chi connectivity index (χ1n) is 8.31. The van der Waals surface area contributed by atoms with Gasteiger partial charge in [0.15, 0.2) is 0 Å². The van der Waals surface area contributed by atoms with E-state index in [1.54, 1.807) is 0 Å². The van der Waals surface area contributed by atoms with Gasteiger partial charge in [0.1, 0.15) is 0 Å². The van der Waals surface area contributed by atoms with Gasteiger partial charge in [-0.2, -0.15) is 0 Å². The molecular weight excluding hydrogens is 276 g/mol. The Labute approximate surface area is 132 Å². The van der Waals surface area contributed by atoms with Gasteiger partial charge in [-0.25, -0.2) is 0 Å². The minimum Gasteiger partial charge on any atom is -0.381 e. The summed E-state index contributed by atoms with van der Waals surface area (Å²) >= 11 is 0. The predicted molar refractivity (Wildman–Crippen MR) is 86.4 cm³/mol. The topological polar surface area (TPSA) is 41.6 Å². The number of carbonyl (C=O) groups is 1. The van der Waals surface area contributed by atoms with E-state index in [1.807, 2.05) is 6.07 Å². The summed E-state index contributed by atoms with van der Waals surface area (Å²) in [7, 11) is 0. The summed E-state index contributed by atoms with van der Waals surface area (Å²) < 4.78 is 5.34. The number of likely N-dealkylation sites (tertiary alicyclic amines) is 1. The van der Waals surface area contributed by atoms with Gasteiger partial charge in [-0.15, -0.1) is 0 Å². The highest BCUT2D eigenvalue weighted by Crippen LogP contribution is 2.24. The van der Waals surface area contributed by atoms with Crippen molar-refractivity contribution in [2.45, 2.75) is 38.3 Å². The highest BCUT2D eigenvalue weighted by atomic mass is 16.5. The van der Waals surface area contributed by atoms with Crippen molar-refractivity contribution in [1.82, 2.24) is 10.2 Å². The van der Waals surface area contributed by atoms with Crippen molar-refractivity contribution in [3.05, 3.63) is 35.9 Å². The molecule has 22 heavy (non-hydrogen) atoms. The minimum absolute atomic E-state index is 0.0931. The van der Waals surface area contributed by atoms with Crippen LogP contribution in [0.3, 0.4) is 0 Å². The normalized spacial score (nSPS) is 27.0. The van der Waals surface area contributed by atoms with Gasteiger partial charge >= 0.3 is 0 Å². The van der Waals surface area contributed by atoms with Crippen molar-refractivity contribution >= 4 is 5.91 Å². The number of rotatable bonds is 4. The first-order valence-corrected chi connectivity index (χ1v) is 8.31. The first kappa shape index (κ1) is 15.5. The molecule has 1 amide bonds. The summed E-state index contributed by atoms with van der Waals surface area (Å²) in [6.45, 7) is 6.54. The molecule has 1 N–H and O–H groups in total. The predicted octanol–water partition coefficient (Wildman–Crippen LogP) is 2.19. The van der Waals surface area contributed by atoms with E-state index in [0.717, 1.165) is 52.1 Å². The molecule has 0 aliphatic carbocycles. The SMILES string of the molecule is CC1(NC(=O)C2CCOCC2)CCN(Cc2ccccc2)C1. The van der Waals surface area contributed by atoms with Gasteiger partial charge in [-0.05, 0) is 31.7 Å². The van der Waals surface area contributed by atoms with Crippen molar-refractivity contribution in [2.75, 3.05) is 26.3 Å². The molecule has 4 heteroatoms. The van der Waals surface area contributed by atoms with E-state index in [4.69, 9.17) is 4.74 Å². The maximum atomic E-state index is 12.4. The molecule has 2 saturated heterocycles. The highest BCUT2D eigenvalue weighted by molar-refractivity contribution is 5.79. The fourth-order valence-corrected chi connectivity index (χ4v) is 3.49. The molecule has 0 spiro atoms. The quantitative estimate of drug-likeness (QED) is 0.927. The molecule has 1 aromatic carbocycles. The van der Waals surface area contributed by atoms with Crippen molar-refractivity contribution in [2.24, 2.45) is 5.92 Å². The average Bonchev–Trinajstić information content (AvgIpc) is 2.90. The zero-order chi connectivity index (χ0) is 15.4. The summed E-state index contributed by atoms with van der Waals surface area (Å²) in [6.07, 6.45) is 2.74. The van der Waals surface area contributed by atoms with Gasteiger partial charge in [0.25, 0.3) is 0 Å². The van der Waals surface area contributed by atoms with Gasteiger partial charge in [-0.1, -0.05) is 30.3 Å². The largest absolute Gasteiger partial charge is 0.381 e. The van der Waals surface area contributed by atoms with Gasteiger partial charge in [0.05, 0.1) is 5.54 Å². The van der Waals surface area contributed by atoms with Crippen LogP contribution in [0.5, 0.6) is 0 Å². The fourth-order valence-electron chi connectivity index (χ4n) is 3.49. The molecule has 1 aromatic rings. The summed E-state index contributed by atoms with van der Waals surface area (Å²) in [6, 6.07) is 10.5. The molecule has 0 bridgehead atoms. The number of carbonyl (C=O) groups excluding carboxylic acids is 1. The Hall–Kier alpha value is -1.39. The Morgan fingerprint density at radius 1 is 1.32 bits per heavy atom. The summed E-state index contributed by atoms with van der Waals surface area (Å²) in [5, 5.41) is 3.30. The summed E-state index contributed by atoms with van der Waals surface area (Å²) in [5.74, 6) is 0.348. The van der Waals surface area contributed by atoms with Crippen molar-refractivity contribution in [3.8, 4) is 0 Å². The van der Waals surface area contributed by atoms with Crippen LogP contribution in [0.15, 0.2) is 30.3 Å². The molecule has 2 heterocycles. The number of ether oxygens (including phenoxy) is 1. The number of benzene rings is 1. The molecule has 120 valence electrons. The number of hydrogen-bond donors (Lipinski definition) is 1. The molecule has 4 nitrogen and oxygen atoms in total. The zero-order valence-electron chi connectivity index (χ0n) is 13.4. The molecule has 1 atom stereocenters. The Balaban J connectivity index is 1.52. The number of hydrogen-bond acceptors (Lipinski definition) is 3. The highest BCUT2D eigenvalue weighted by Gasteiger charge is 2.36. The van der Waals surface area contributed by atoms with Crippen molar-refractivity contribution in [3.63, 3.8) is 0 Å². The second-order valence-electron chi connectivity index (χ2n) is 6.88. The van der Waals surface area contributed by atoms with Crippen molar-refractivity contribution in [1.29, 1.82) is 0 Å². The van der Waals surface area contributed by atoms with Crippen LogP contribution in [0.4, 0.5) is 0 Å². The lowest BCUT2D eigenvalue weighted by Crippen LogP contribution is -2.50. The van der Waals surface area contributed by atoms with E-state index in [-0.39, 0.29) is 17.4 Å². The van der Waals surface area contributed by atoms with E-state index in [9.17, 15) is 4.79 Å². The van der Waals surface area contributed by atoms with Crippen LogP contribution in [0.25, 0.3) is 0 Å². The van der Waals surface area contributed by atoms with Gasteiger partial charge in [0, 0.05) is 38.8 Å². The second kappa shape index (κ2) is 6.80. The lowest BCUT2D eigenvalue weighted by atomic mass is 9.95. The standard InChI is InChI=1S/C18H26N2O2/c1-18(19-17(21)16-7-11-22-12-8-16)9-10-20(14-18)13-15-5-3-2-4-6-15/h2-6,16H,7-14H2,1H3,(H,19,21). The molecule has 0 radical (unpaired) electrons. The van der Waals surface area contributed by atoms with E-state index in [1.165, 1.54) is 5.56 Å². The summed E-state index contributed by atoms with van der Waals surface area (Å²) in [5.41, 5.74) is 1.24. The van der Waals surface area contributed by atoms with Crippen LogP contribution in [0.2, 0.25) is 0 Å². The Morgan fingerprint density at radius 3 is 2.77 bits per heavy atom. The van der Waals surface area contributed by atoms with E-state index in [0.29, 0.717) is 0 Å². The second-order valence-corrected chi connectivity index (χ2v) is 6.88. The van der Waals surface area contributed by atoms with Gasteiger partial charge in [-0.3, -0.25) is 9.69 Å². The summed E-state index contributed by atoms with van der Waals surface area (Å²) in [4.78, 5) is 14.9. The third kappa shape index (κ3) is 3.87. The third-order valence-electron chi connectivity index (χ3n) is 4.82. The van der Waals surface area contributed by atoms with Crippen LogP contribution in [0.1, 0.15) is 31.7 Å². The first-order chi connectivity index (χ1) is 10.6. The maximum absolute atomic E-state index is 12.4. The zero-order valence-corrected chi connectivity index (χ0v) is 13.4. The Kier molecular flexibility index (Phi) is 4.79. The van der Waals surface area contributed by atoms with Crippen molar-refractivity contribution < 1.29 is 9.53 Å². The van der Waals surface area contributed by atoms with E-state index < -0.39 is 0 Å². The average molecular weight is 302 g/mol. The molecule has 0 aromatic heterocycles. The molecule has 2 aliphatic heterocycles. The molecule has 2 fully saturated rings. The maximum Gasteiger partial charge on any atom is 0.223 e. The van der Waals surface area contributed by atoms with Crippen LogP contribution in [-0.4, -0.2) is 42.6 Å². The molecular formula is C18H26N2O2. The molecule has 0 saturated carbocycles. The van der Waals surface area contributed by atoms with Crippen LogP contribution >= 0.6 is 0 Å². The van der Waals surface area contributed by atoms with Gasteiger partial charge in [0.2, 0.25) is 5.91 Å². The monoisotopic (exact) mass is 302 g/mol.